The molecule has 1 unspecified atom stereocenters. The standard InChI is InChI=1S/C13H19BrFNO/c1-9(2)12(8-17-3)16-7-10-5-4-6-11(15)13(10)14/h4-6,9,12,16H,7-8H2,1-3H3. The lowest BCUT2D eigenvalue weighted by Gasteiger charge is -2.22. The molecule has 0 heterocycles. The molecule has 96 valence electrons. The topological polar surface area (TPSA) is 21.3 Å². The first-order valence-corrected chi connectivity index (χ1v) is 6.50. The molecule has 0 aliphatic carbocycles. The van der Waals surface area contributed by atoms with Crippen LogP contribution >= 0.6 is 15.9 Å². The fourth-order valence-corrected chi connectivity index (χ4v) is 2.00. The Morgan fingerprint density at radius 1 is 1.41 bits per heavy atom. The van der Waals surface area contributed by atoms with Crippen molar-refractivity contribution >= 4 is 15.9 Å². The van der Waals surface area contributed by atoms with E-state index in [-0.39, 0.29) is 11.9 Å². The molecule has 0 fully saturated rings. The number of rotatable bonds is 6. The Labute approximate surface area is 111 Å². The van der Waals surface area contributed by atoms with Crippen molar-refractivity contribution in [3.8, 4) is 0 Å². The van der Waals surface area contributed by atoms with E-state index in [1.807, 2.05) is 6.07 Å². The van der Waals surface area contributed by atoms with Gasteiger partial charge in [0, 0.05) is 19.7 Å². The van der Waals surface area contributed by atoms with Crippen LogP contribution in [0.15, 0.2) is 22.7 Å². The number of methoxy groups -OCH3 is 1. The fraction of sp³-hybridized carbons (Fsp3) is 0.538. The molecule has 1 N–H and O–H groups in total. The fourth-order valence-electron chi connectivity index (χ4n) is 1.59. The van der Waals surface area contributed by atoms with Crippen molar-refractivity contribution in [1.29, 1.82) is 0 Å². The molecule has 2 nitrogen and oxygen atoms in total. The summed E-state index contributed by atoms with van der Waals surface area (Å²) in [6, 6.07) is 5.35. The summed E-state index contributed by atoms with van der Waals surface area (Å²) in [5, 5.41) is 3.38. The first kappa shape index (κ1) is 14.6. The Morgan fingerprint density at radius 3 is 2.71 bits per heavy atom. The molecule has 0 aromatic heterocycles. The molecule has 0 spiro atoms. The van der Waals surface area contributed by atoms with E-state index in [4.69, 9.17) is 4.74 Å². The van der Waals surface area contributed by atoms with Crippen molar-refractivity contribution in [3.63, 3.8) is 0 Å². The molecule has 0 aliphatic rings. The summed E-state index contributed by atoms with van der Waals surface area (Å²) in [6.45, 7) is 5.56. The Bertz CT molecular complexity index is 357. The van der Waals surface area contributed by atoms with Crippen LogP contribution in [-0.4, -0.2) is 19.8 Å². The molecule has 0 radical (unpaired) electrons. The summed E-state index contributed by atoms with van der Waals surface area (Å²) in [5.41, 5.74) is 0.923. The van der Waals surface area contributed by atoms with Crippen molar-refractivity contribution in [2.45, 2.75) is 26.4 Å². The van der Waals surface area contributed by atoms with Crippen LogP contribution in [-0.2, 0) is 11.3 Å². The van der Waals surface area contributed by atoms with Crippen molar-refractivity contribution < 1.29 is 9.13 Å². The van der Waals surface area contributed by atoms with E-state index in [0.29, 0.717) is 23.5 Å². The number of benzene rings is 1. The van der Waals surface area contributed by atoms with E-state index in [1.54, 1.807) is 13.2 Å². The van der Waals surface area contributed by atoms with Gasteiger partial charge >= 0.3 is 0 Å². The van der Waals surface area contributed by atoms with Gasteiger partial charge in [0.15, 0.2) is 0 Å². The van der Waals surface area contributed by atoms with Crippen LogP contribution in [0.5, 0.6) is 0 Å². The number of hydrogen-bond acceptors (Lipinski definition) is 2. The largest absolute Gasteiger partial charge is 0.383 e. The first-order valence-electron chi connectivity index (χ1n) is 5.71. The highest BCUT2D eigenvalue weighted by atomic mass is 79.9. The maximum absolute atomic E-state index is 13.3. The lowest BCUT2D eigenvalue weighted by atomic mass is 10.0. The summed E-state index contributed by atoms with van der Waals surface area (Å²) in [5.74, 6) is 0.249. The maximum atomic E-state index is 13.3. The van der Waals surface area contributed by atoms with Gasteiger partial charge in [0.05, 0.1) is 11.1 Å². The molecule has 17 heavy (non-hydrogen) atoms. The SMILES string of the molecule is COCC(NCc1cccc(F)c1Br)C(C)C. The van der Waals surface area contributed by atoms with Gasteiger partial charge in [0.1, 0.15) is 5.82 Å². The molecule has 1 aromatic rings. The lowest BCUT2D eigenvalue weighted by Crippen LogP contribution is -2.37. The van der Waals surface area contributed by atoms with E-state index in [1.165, 1.54) is 6.07 Å². The average molecular weight is 304 g/mol. The van der Waals surface area contributed by atoms with Gasteiger partial charge in [-0.15, -0.1) is 0 Å². The quantitative estimate of drug-likeness (QED) is 0.870. The molecule has 4 heteroatoms. The molecular weight excluding hydrogens is 285 g/mol. The van der Waals surface area contributed by atoms with Gasteiger partial charge in [-0.3, -0.25) is 0 Å². The third-order valence-electron chi connectivity index (χ3n) is 2.74. The van der Waals surface area contributed by atoms with Gasteiger partial charge in [-0.25, -0.2) is 4.39 Å². The molecule has 0 saturated heterocycles. The Morgan fingerprint density at radius 2 is 2.12 bits per heavy atom. The van der Waals surface area contributed by atoms with E-state index in [0.717, 1.165) is 5.56 Å². The summed E-state index contributed by atoms with van der Waals surface area (Å²) in [7, 11) is 1.69. The summed E-state index contributed by atoms with van der Waals surface area (Å²) in [6.07, 6.45) is 0. The zero-order chi connectivity index (χ0) is 12.8. The van der Waals surface area contributed by atoms with E-state index in [9.17, 15) is 4.39 Å². The van der Waals surface area contributed by atoms with E-state index in [2.05, 4.69) is 35.1 Å². The van der Waals surface area contributed by atoms with Crippen LogP contribution in [0.2, 0.25) is 0 Å². The van der Waals surface area contributed by atoms with Crippen LogP contribution in [0.1, 0.15) is 19.4 Å². The molecule has 0 aliphatic heterocycles. The Hall–Kier alpha value is -0.450. The van der Waals surface area contributed by atoms with Gasteiger partial charge in [-0.1, -0.05) is 26.0 Å². The predicted molar refractivity (Wildman–Crippen MR) is 71.4 cm³/mol. The number of hydrogen-bond donors (Lipinski definition) is 1. The molecule has 0 bridgehead atoms. The molecule has 0 amide bonds. The zero-order valence-electron chi connectivity index (χ0n) is 10.5. The number of ether oxygens (including phenoxy) is 1. The minimum Gasteiger partial charge on any atom is -0.383 e. The van der Waals surface area contributed by atoms with Crippen molar-refractivity contribution in [2.24, 2.45) is 5.92 Å². The monoisotopic (exact) mass is 303 g/mol. The van der Waals surface area contributed by atoms with Crippen molar-refractivity contribution in [3.05, 3.63) is 34.1 Å². The van der Waals surface area contributed by atoms with Crippen LogP contribution < -0.4 is 5.32 Å². The van der Waals surface area contributed by atoms with Crippen LogP contribution in [0.3, 0.4) is 0 Å². The second kappa shape index (κ2) is 7.09. The smallest absolute Gasteiger partial charge is 0.137 e. The van der Waals surface area contributed by atoms with E-state index < -0.39 is 0 Å². The van der Waals surface area contributed by atoms with Gasteiger partial charge < -0.3 is 10.1 Å². The van der Waals surface area contributed by atoms with Crippen LogP contribution in [0.4, 0.5) is 4.39 Å². The summed E-state index contributed by atoms with van der Waals surface area (Å²) < 4.78 is 19.0. The third-order valence-corrected chi connectivity index (χ3v) is 3.63. The Balaban J connectivity index is 2.62. The van der Waals surface area contributed by atoms with E-state index >= 15 is 0 Å². The third kappa shape index (κ3) is 4.37. The maximum Gasteiger partial charge on any atom is 0.137 e. The second-order valence-corrected chi connectivity index (χ2v) is 5.19. The van der Waals surface area contributed by atoms with Gasteiger partial charge in [0.2, 0.25) is 0 Å². The first-order chi connectivity index (χ1) is 8.06. The van der Waals surface area contributed by atoms with Gasteiger partial charge in [-0.05, 0) is 33.5 Å². The lowest BCUT2D eigenvalue weighted by molar-refractivity contribution is 0.146. The highest BCUT2D eigenvalue weighted by Crippen LogP contribution is 2.20. The van der Waals surface area contributed by atoms with Crippen LogP contribution in [0, 0.1) is 11.7 Å². The van der Waals surface area contributed by atoms with Gasteiger partial charge in [-0.2, -0.15) is 0 Å². The number of halogens is 2. The molecule has 1 rings (SSSR count). The van der Waals surface area contributed by atoms with Crippen molar-refractivity contribution in [1.82, 2.24) is 5.32 Å². The van der Waals surface area contributed by atoms with Crippen molar-refractivity contribution in [2.75, 3.05) is 13.7 Å². The van der Waals surface area contributed by atoms with Gasteiger partial charge in [0.25, 0.3) is 0 Å². The second-order valence-electron chi connectivity index (χ2n) is 4.40. The summed E-state index contributed by atoms with van der Waals surface area (Å²) >= 11 is 3.26. The van der Waals surface area contributed by atoms with Crippen LogP contribution in [0.25, 0.3) is 0 Å². The minimum absolute atomic E-state index is 0.225. The normalized spacial score (nSPS) is 13.1. The molecule has 0 saturated carbocycles. The zero-order valence-corrected chi connectivity index (χ0v) is 12.1. The minimum atomic E-state index is -0.225. The number of nitrogens with one attached hydrogen (secondary N) is 1. The average Bonchev–Trinajstić information content (AvgIpc) is 2.29. The molecule has 1 aromatic carbocycles. The molecular formula is C13H19BrFNO. The highest BCUT2D eigenvalue weighted by Gasteiger charge is 2.13. The highest BCUT2D eigenvalue weighted by molar-refractivity contribution is 9.10. The summed E-state index contributed by atoms with van der Waals surface area (Å²) in [4.78, 5) is 0. The Kier molecular flexibility index (Phi) is 6.09. The molecule has 1 atom stereocenters. The predicted octanol–water partition coefficient (Wildman–Crippen LogP) is 3.35.